The Hall–Kier alpha value is -1.73. The fraction of sp³-hybridized carbons (Fsp3) is 0.438. The van der Waals surface area contributed by atoms with Crippen molar-refractivity contribution >= 4 is 39.7 Å². The summed E-state index contributed by atoms with van der Waals surface area (Å²) in [6.07, 6.45) is 2.17. The number of rotatable bonds is 7. The number of amides is 1. The molecule has 0 bridgehead atoms. The van der Waals surface area contributed by atoms with Crippen LogP contribution in [0.15, 0.2) is 17.5 Å². The molecule has 0 N–H and O–H groups in total. The predicted octanol–water partition coefficient (Wildman–Crippen LogP) is 3.68. The standard InChI is InChI=1S/C16H20N2O3S2/c1-4-21-15(20)14-11(2)17-16(23-14)18(3)13(19)9-5-7-12-8-6-10-22-12/h6,8,10H,4-5,7,9H2,1-3H3. The molecule has 124 valence electrons. The van der Waals surface area contributed by atoms with Crippen molar-refractivity contribution in [3.05, 3.63) is 33.0 Å². The van der Waals surface area contributed by atoms with Crippen LogP contribution in [0.4, 0.5) is 5.13 Å². The van der Waals surface area contributed by atoms with E-state index in [2.05, 4.69) is 11.1 Å². The minimum absolute atomic E-state index is 0.00529. The molecule has 1 amide bonds. The van der Waals surface area contributed by atoms with Crippen LogP contribution >= 0.6 is 22.7 Å². The number of esters is 1. The molecule has 0 aliphatic rings. The lowest BCUT2D eigenvalue weighted by atomic mass is 10.2. The number of carbonyl (C=O) groups is 2. The number of aromatic nitrogens is 1. The van der Waals surface area contributed by atoms with Crippen LogP contribution in [0.3, 0.4) is 0 Å². The van der Waals surface area contributed by atoms with Crippen molar-refractivity contribution in [3.63, 3.8) is 0 Å². The number of hydrogen-bond acceptors (Lipinski definition) is 6. The summed E-state index contributed by atoms with van der Waals surface area (Å²) in [6, 6.07) is 4.10. The van der Waals surface area contributed by atoms with Crippen LogP contribution in [0.2, 0.25) is 0 Å². The van der Waals surface area contributed by atoms with Crippen LogP contribution in [0.5, 0.6) is 0 Å². The van der Waals surface area contributed by atoms with Crippen molar-refractivity contribution in [2.75, 3.05) is 18.6 Å². The molecule has 0 aliphatic heterocycles. The van der Waals surface area contributed by atoms with Gasteiger partial charge in [-0.1, -0.05) is 17.4 Å². The number of aryl methyl sites for hydroxylation is 2. The predicted molar refractivity (Wildman–Crippen MR) is 93.5 cm³/mol. The van der Waals surface area contributed by atoms with E-state index in [0.29, 0.717) is 28.7 Å². The molecule has 2 heterocycles. The molecule has 0 aliphatic carbocycles. The first kappa shape index (κ1) is 17.6. The van der Waals surface area contributed by atoms with Gasteiger partial charge < -0.3 is 4.74 Å². The van der Waals surface area contributed by atoms with Gasteiger partial charge in [-0.25, -0.2) is 9.78 Å². The zero-order valence-electron chi connectivity index (χ0n) is 13.5. The van der Waals surface area contributed by atoms with Gasteiger partial charge in [-0.05, 0) is 38.1 Å². The van der Waals surface area contributed by atoms with Crippen LogP contribution < -0.4 is 4.90 Å². The van der Waals surface area contributed by atoms with Crippen LogP contribution in [-0.4, -0.2) is 30.5 Å². The minimum Gasteiger partial charge on any atom is -0.462 e. The maximum absolute atomic E-state index is 12.3. The average molecular weight is 352 g/mol. The van der Waals surface area contributed by atoms with Gasteiger partial charge in [0.2, 0.25) is 5.91 Å². The normalized spacial score (nSPS) is 10.6. The summed E-state index contributed by atoms with van der Waals surface area (Å²) in [5.74, 6) is -0.377. The molecule has 0 saturated carbocycles. The maximum Gasteiger partial charge on any atom is 0.350 e. The lowest BCUT2D eigenvalue weighted by molar-refractivity contribution is -0.118. The highest BCUT2D eigenvalue weighted by Crippen LogP contribution is 2.26. The average Bonchev–Trinajstić information content (AvgIpc) is 3.16. The molecule has 2 aromatic heterocycles. The molecule has 2 rings (SSSR count). The Kier molecular flexibility index (Phi) is 6.29. The van der Waals surface area contributed by atoms with Crippen molar-refractivity contribution in [2.45, 2.75) is 33.1 Å². The molecule has 0 atom stereocenters. The largest absolute Gasteiger partial charge is 0.462 e. The van der Waals surface area contributed by atoms with E-state index in [4.69, 9.17) is 4.74 Å². The van der Waals surface area contributed by atoms with Crippen LogP contribution in [0.1, 0.15) is 40.0 Å². The topological polar surface area (TPSA) is 59.5 Å². The number of hydrogen-bond donors (Lipinski definition) is 0. The molecule has 0 spiro atoms. The number of nitrogens with zero attached hydrogens (tertiary/aromatic N) is 2. The van der Waals surface area contributed by atoms with Crippen molar-refractivity contribution < 1.29 is 14.3 Å². The first-order valence-electron chi connectivity index (χ1n) is 7.46. The highest BCUT2D eigenvalue weighted by Gasteiger charge is 2.21. The second-order valence-corrected chi connectivity index (χ2v) is 7.03. The highest BCUT2D eigenvalue weighted by atomic mass is 32.1. The lowest BCUT2D eigenvalue weighted by Gasteiger charge is -2.13. The number of ether oxygens (including phenoxy) is 1. The molecule has 23 heavy (non-hydrogen) atoms. The summed E-state index contributed by atoms with van der Waals surface area (Å²) >= 11 is 2.90. The van der Waals surface area contributed by atoms with Crippen molar-refractivity contribution in [3.8, 4) is 0 Å². The van der Waals surface area contributed by atoms with Gasteiger partial charge in [-0.3, -0.25) is 9.69 Å². The summed E-state index contributed by atoms with van der Waals surface area (Å²) in [6.45, 7) is 3.84. The SMILES string of the molecule is CCOC(=O)c1sc(N(C)C(=O)CCCc2cccs2)nc1C. The maximum atomic E-state index is 12.3. The number of thiophene rings is 1. The Morgan fingerprint density at radius 2 is 2.17 bits per heavy atom. The molecule has 0 unspecified atom stereocenters. The summed E-state index contributed by atoms with van der Waals surface area (Å²) < 4.78 is 5.00. The van der Waals surface area contributed by atoms with Gasteiger partial charge in [-0.2, -0.15) is 0 Å². The second kappa shape index (κ2) is 8.21. The molecule has 0 fully saturated rings. The van der Waals surface area contributed by atoms with Gasteiger partial charge in [0.1, 0.15) is 4.88 Å². The Morgan fingerprint density at radius 3 is 2.83 bits per heavy atom. The lowest BCUT2D eigenvalue weighted by Crippen LogP contribution is -2.25. The third-order valence-corrected chi connectivity index (χ3v) is 5.45. The fourth-order valence-corrected chi connectivity index (χ4v) is 3.75. The second-order valence-electron chi connectivity index (χ2n) is 5.02. The summed E-state index contributed by atoms with van der Waals surface area (Å²) in [4.78, 5) is 31.7. The minimum atomic E-state index is -0.382. The van der Waals surface area contributed by atoms with Crippen LogP contribution in [0.25, 0.3) is 0 Å². The van der Waals surface area contributed by atoms with E-state index in [0.717, 1.165) is 12.8 Å². The van der Waals surface area contributed by atoms with Crippen LogP contribution in [0, 0.1) is 6.92 Å². The molecular weight excluding hydrogens is 332 g/mol. The van der Waals surface area contributed by atoms with Gasteiger partial charge in [0.15, 0.2) is 5.13 Å². The van der Waals surface area contributed by atoms with Gasteiger partial charge in [0.25, 0.3) is 0 Å². The van der Waals surface area contributed by atoms with E-state index < -0.39 is 0 Å². The van der Waals surface area contributed by atoms with Gasteiger partial charge in [-0.15, -0.1) is 11.3 Å². The monoisotopic (exact) mass is 352 g/mol. The Bertz CT molecular complexity index is 665. The van der Waals surface area contributed by atoms with Crippen molar-refractivity contribution in [1.82, 2.24) is 4.98 Å². The van der Waals surface area contributed by atoms with E-state index in [-0.39, 0.29) is 11.9 Å². The van der Waals surface area contributed by atoms with Gasteiger partial charge >= 0.3 is 5.97 Å². The van der Waals surface area contributed by atoms with E-state index in [1.807, 2.05) is 11.4 Å². The smallest absolute Gasteiger partial charge is 0.350 e. The molecule has 0 saturated heterocycles. The Balaban J connectivity index is 1.93. The third kappa shape index (κ3) is 4.62. The zero-order valence-corrected chi connectivity index (χ0v) is 15.1. The van der Waals surface area contributed by atoms with Crippen molar-refractivity contribution in [1.29, 1.82) is 0 Å². The van der Waals surface area contributed by atoms with Gasteiger partial charge in [0, 0.05) is 18.3 Å². The van der Waals surface area contributed by atoms with E-state index in [1.54, 1.807) is 32.2 Å². The van der Waals surface area contributed by atoms with E-state index in [9.17, 15) is 9.59 Å². The zero-order chi connectivity index (χ0) is 16.8. The number of anilines is 1. The number of carbonyl (C=O) groups excluding carboxylic acids is 2. The van der Waals surface area contributed by atoms with Gasteiger partial charge in [0.05, 0.1) is 12.3 Å². The fourth-order valence-electron chi connectivity index (χ4n) is 2.05. The van der Waals surface area contributed by atoms with E-state index >= 15 is 0 Å². The summed E-state index contributed by atoms with van der Waals surface area (Å²) in [5.41, 5.74) is 0.599. The molecule has 0 aromatic carbocycles. The number of thiazole rings is 1. The molecular formula is C16H20N2O3S2. The van der Waals surface area contributed by atoms with Crippen LogP contribution in [-0.2, 0) is 16.0 Å². The summed E-state index contributed by atoms with van der Waals surface area (Å²) in [5, 5.41) is 2.57. The quantitative estimate of drug-likeness (QED) is 0.713. The highest BCUT2D eigenvalue weighted by molar-refractivity contribution is 7.17. The summed E-state index contributed by atoms with van der Waals surface area (Å²) in [7, 11) is 1.70. The molecule has 0 radical (unpaired) electrons. The Morgan fingerprint density at radius 1 is 1.39 bits per heavy atom. The van der Waals surface area contributed by atoms with Crippen molar-refractivity contribution in [2.24, 2.45) is 0 Å². The molecule has 7 heteroatoms. The Labute approximate surface area is 143 Å². The first-order valence-corrected chi connectivity index (χ1v) is 9.16. The van der Waals surface area contributed by atoms with E-state index in [1.165, 1.54) is 21.1 Å². The third-order valence-electron chi connectivity index (χ3n) is 3.30. The molecule has 2 aromatic rings. The first-order chi connectivity index (χ1) is 11.0. The molecule has 5 nitrogen and oxygen atoms in total.